The predicted molar refractivity (Wildman–Crippen MR) is 90.0 cm³/mol. The Balaban J connectivity index is 1.97. The number of likely N-dealkylation sites (N-methyl/N-ethyl adjacent to an activating group) is 1. The lowest BCUT2D eigenvalue weighted by Gasteiger charge is -2.20. The number of hydrogen-bond acceptors (Lipinski definition) is 3. The molecule has 2 rings (SSSR count). The van der Waals surface area contributed by atoms with Crippen molar-refractivity contribution in [3.63, 3.8) is 0 Å². The lowest BCUT2D eigenvalue weighted by atomic mass is 10.0. The molecule has 0 bridgehead atoms. The van der Waals surface area contributed by atoms with Gasteiger partial charge in [0.05, 0.1) is 18.8 Å². The lowest BCUT2D eigenvalue weighted by Crippen LogP contribution is -2.31. The first-order chi connectivity index (χ1) is 10.8. The number of rotatable bonds is 9. The zero-order valence-electron chi connectivity index (χ0n) is 13.1. The van der Waals surface area contributed by atoms with Gasteiger partial charge in [0, 0.05) is 6.54 Å². The summed E-state index contributed by atoms with van der Waals surface area (Å²) in [6.07, 6.45) is 1.29. The van der Waals surface area contributed by atoms with Gasteiger partial charge in [-0.1, -0.05) is 60.7 Å². The molecule has 22 heavy (non-hydrogen) atoms. The van der Waals surface area contributed by atoms with Gasteiger partial charge in [-0.05, 0) is 31.0 Å². The highest BCUT2D eigenvalue weighted by Gasteiger charge is 2.13. The molecule has 3 nitrogen and oxygen atoms in total. The molecule has 0 aliphatic heterocycles. The SMILES string of the molecule is CNCC(O)COC(Cc1ccccc1)Cc1ccccc1. The summed E-state index contributed by atoms with van der Waals surface area (Å²) in [5, 5.41) is 12.8. The Kier molecular flexibility index (Phi) is 7.10. The molecule has 0 saturated carbocycles. The highest BCUT2D eigenvalue weighted by Crippen LogP contribution is 2.12. The smallest absolute Gasteiger partial charge is 0.0897 e. The van der Waals surface area contributed by atoms with E-state index < -0.39 is 6.10 Å². The van der Waals surface area contributed by atoms with Crippen LogP contribution in [0.25, 0.3) is 0 Å². The summed E-state index contributed by atoms with van der Waals surface area (Å²) < 4.78 is 5.97. The summed E-state index contributed by atoms with van der Waals surface area (Å²) in [5.41, 5.74) is 2.51. The minimum absolute atomic E-state index is 0.0660. The Hall–Kier alpha value is -1.68. The van der Waals surface area contributed by atoms with Crippen LogP contribution >= 0.6 is 0 Å². The zero-order chi connectivity index (χ0) is 15.6. The van der Waals surface area contributed by atoms with E-state index in [1.165, 1.54) is 11.1 Å². The Bertz CT molecular complexity index is 474. The van der Waals surface area contributed by atoms with E-state index in [-0.39, 0.29) is 6.10 Å². The molecule has 0 aliphatic rings. The van der Waals surface area contributed by atoms with Crippen molar-refractivity contribution in [1.82, 2.24) is 5.32 Å². The quantitative estimate of drug-likeness (QED) is 0.747. The van der Waals surface area contributed by atoms with Crippen LogP contribution in [-0.4, -0.2) is 37.5 Å². The number of aliphatic hydroxyl groups excluding tert-OH is 1. The van der Waals surface area contributed by atoms with E-state index >= 15 is 0 Å². The van der Waals surface area contributed by atoms with Gasteiger partial charge in [-0.3, -0.25) is 0 Å². The minimum Gasteiger partial charge on any atom is -0.389 e. The standard InChI is InChI=1S/C19H25NO2/c1-20-14-18(21)15-22-19(12-16-8-4-2-5-9-16)13-17-10-6-3-7-11-17/h2-11,18-21H,12-15H2,1H3. The predicted octanol–water partition coefficient (Wildman–Crippen LogP) is 2.44. The van der Waals surface area contributed by atoms with Gasteiger partial charge < -0.3 is 15.2 Å². The summed E-state index contributed by atoms with van der Waals surface area (Å²) in [6, 6.07) is 20.7. The number of ether oxygens (including phenoxy) is 1. The number of hydrogen-bond donors (Lipinski definition) is 2. The van der Waals surface area contributed by atoms with Crippen LogP contribution in [-0.2, 0) is 17.6 Å². The van der Waals surface area contributed by atoms with Crippen LogP contribution in [0, 0.1) is 0 Å². The molecule has 0 aromatic heterocycles. The third kappa shape index (κ3) is 5.98. The highest BCUT2D eigenvalue weighted by atomic mass is 16.5. The molecule has 118 valence electrons. The monoisotopic (exact) mass is 299 g/mol. The first-order valence-corrected chi connectivity index (χ1v) is 7.80. The van der Waals surface area contributed by atoms with Gasteiger partial charge in [0.15, 0.2) is 0 Å². The maximum atomic E-state index is 9.84. The first kappa shape index (κ1) is 16.7. The maximum Gasteiger partial charge on any atom is 0.0897 e. The molecule has 0 spiro atoms. The van der Waals surface area contributed by atoms with E-state index in [2.05, 4.69) is 29.6 Å². The van der Waals surface area contributed by atoms with Gasteiger partial charge in [-0.2, -0.15) is 0 Å². The van der Waals surface area contributed by atoms with Gasteiger partial charge in [0.2, 0.25) is 0 Å². The highest BCUT2D eigenvalue weighted by molar-refractivity contribution is 5.19. The van der Waals surface area contributed by atoms with E-state index in [1.807, 2.05) is 43.4 Å². The normalized spacial score (nSPS) is 12.5. The third-order valence-corrected chi connectivity index (χ3v) is 3.58. The Morgan fingerprint density at radius 2 is 1.41 bits per heavy atom. The maximum absolute atomic E-state index is 9.84. The lowest BCUT2D eigenvalue weighted by molar-refractivity contribution is -0.00753. The molecule has 0 heterocycles. The van der Waals surface area contributed by atoms with Crippen LogP contribution in [0.3, 0.4) is 0 Å². The van der Waals surface area contributed by atoms with Gasteiger partial charge >= 0.3 is 0 Å². The van der Waals surface area contributed by atoms with E-state index in [0.29, 0.717) is 13.2 Å². The average Bonchev–Trinajstić information content (AvgIpc) is 2.55. The summed E-state index contributed by atoms with van der Waals surface area (Å²) in [6.45, 7) is 0.897. The molecule has 0 fully saturated rings. The number of aliphatic hydroxyl groups is 1. The van der Waals surface area contributed by atoms with Crippen molar-refractivity contribution in [2.45, 2.75) is 25.0 Å². The fourth-order valence-electron chi connectivity index (χ4n) is 2.49. The first-order valence-electron chi connectivity index (χ1n) is 7.80. The Labute approximate surface area is 133 Å². The number of benzene rings is 2. The second-order valence-corrected chi connectivity index (χ2v) is 5.55. The second-order valence-electron chi connectivity index (χ2n) is 5.55. The number of nitrogens with one attached hydrogen (secondary N) is 1. The zero-order valence-corrected chi connectivity index (χ0v) is 13.1. The largest absolute Gasteiger partial charge is 0.389 e. The van der Waals surface area contributed by atoms with Crippen LogP contribution in [0.2, 0.25) is 0 Å². The van der Waals surface area contributed by atoms with Gasteiger partial charge in [-0.15, -0.1) is 0 Å². The van der Waals surface area contributed by atoms with Gasteiger partial charge in [0.25, 0.3) is 0 Å². The molecule has 1 atom stereocenters. The molecule has 2 N–H and O–H groups in total. The molecule has 2 aromatic carbocycles. The van der Waals surface area contributed by atoms with Crippen LogP contribution in [0.5, 0.6) is 0 Å². The summed E-state index contributed by atoms with van der Waals surface area (Å²) >= 11 is 0. The molecule has 1 unspecified atom stereocenters. The fraction of sp³-hybridized carbons (Fsp3) is 0.368. The van der Waals surface area contributed by atoms with Crippen molar-refractivity contribution in [3.05, 3.63) is 71.8 Å². The van der Waals surface area contributed by atoms with E-state index in [0.717, 1.165) is 12.8 Å². The van der Waals surface area contributed by atoms with E-state index in [1.54, 1.807) is 0 Å². The summed E-state index contributed by atoms with van der Waals surface area (Å²) in [7, 11) is 1.83. The van der Waals surface area contributed by atoms with Gasteiger partial charge in [-0.25, -0.2) is 0 Å². The molecule has 0 amide bonds. The van der Waals surface area contributed by atoms with Crippen molar-refractivity contribution >= 4 is 0 Å². The van der Waals surface area contributed by atoms with Crippen molar-refractivity contribution in [2.24, 2.45) is 0 Å². The Morgan fingerprint density at radius 1 is 0.909 bits per heavy atom. The molecule has 2 aromatic rings. The topological polar surface area (TPSA) is 41.5 Å². The van der Waals surface area contributed by atoms with Crippen LogP contribution in [0.4, 0.5) is 0 Å². The molecule has 3 heteroatoms. The average molecular weight is 299 g/mol. The van der Waals surface area contributed by atoms with Crippen molar-refractivity contribution in [3.8, 4) is 0 Å². The van der Waals surface area contributed by atoms with E-state index in [4.69, 9.17) is 4.74 Å². The van der Waals surface area contributed by atoms with Crippen LogP contribution in [0.1, 0.15) is 11.1 Å². The third-order valence-electron chi connectivity index (χ3n) is 3.58. The Morgan fingerprint density at radius 3 is 1.86 bits per heavy atom. The molecule has 0 saturated heterocycles. The fourth-order valence-corrected chi connectivity index (χ4v) is 2.49. The minimum atomic E-state index is -0.473. The molecule has 0 radical (unpaired) electrons. The van der Waals surface area contributed by atoms with Crippen molar-refractivity contribution in [1.29, 1.82) is 0 Å². The van der Waals surface area contributed by atoms with Gasteiger partial charge in [0.1, 0.15) is 0 Å². The van der Waals surface area contributed by atoms with Crippen LogP contribution in [0.15, 0.2) is 60.7 Å². The molecule has 0 aliphatic carbocycles. The van der Waals surface area contributed by atoms with Crippen molar-refractivity contribution in [2.75, 3.05) is 20.2 Å². The second kappa shape index (κ2) is 9.36. The molecular weight excluding hydrogens is 274 g/mol. The molecular formula is C19H25NO2. The van der Waals surface area contributed by atoms with Crippen molar-refractivity contribution < 1.29 is 9.84 Å². The summed E-state index contributed by atoms with van der Waals surface area (Å²) in [5.74, 6) is 0. The van der Waals surface area contributed by atoms with Crippen LogP contribution < -0.4 is 5.32 Å². The summed E-state index contributed by atoms with van der Waals surface area (Å²) in [4.78, 5) is 0. The van der Waals surface area contributed by atoms with E-state index in [9.17, 15) is 5.11 Å².